The van der Waals surface area contributed by atoms with Gasteiger partial charge < -0.3 is 4.90 Å². The molecule has 0 spiro atoms. The van der Waals surface area contributed by atoms with Gasteiger partial charge in [0.05, 0.1) is 11.0 Å². The minimum Gasteiger partial charge on any atom is -0.302 e. The van der Waals surface area contributed by atoms with Gasteiger partial charge in [0.25, 0.3) is 0 Å². The minimum absolute atomic E-state index is 0.534. The van der Waals surface area contributed by atoms with Crippen LogP contribution in [0.5, 0.6) is 0 Å². The van der Waals surface area contributed by atoms with Crippen molar-refractivity contribution in [2.75, 3.05) is 26.3 Å². The Morgan fingerprint density at radius 2 is 2.08 bits per heavy atom. The van der Waals surface area contributed by atoms with E-state index in [-0.39, 0.29) is 0 Å². The quantitative estimate of drug-likeness (QED) is 0.732. The molecule has 2 nitrogen and oxygen atoms in total. The summed E-state index contributed by atoms with van der Waals surface area (Å²) in [6.45, 7) is 12.9. The average Bonchev–Trinajstić information content (AvgIpc) is 2.61. The van der Waals surface area contributed by atoms with E-state index in [9.17, 15) is 0 Å². The number of fused-ring (bicyclic) bond motifs is 1. The first-order chi connectivity index (χ1) is 11.6. The van der Waals surface area contributed by atoms with E-state index < -0.39 is 0 Å². The number of benzene rings is 1. The van der Waals surface area contributed by atoms with Crippen LogP contribution in [0.2, 0.25) is 0 Å². The number of likely N-dealkylation sites (tertiary alicyclic amines) is 1. The van der Waals surface area contributed by atoms with Gasteiger partial charge in [-0.15, -0.1) is 0 Å². The zero-order valence-corrected chi connectivity index (χ0v) is 16.6. The van der Waals surface area contributed by atoms with E-state index in [1.807, 2.05) is 0 Å². The van der Waals surface area contributed by atoms with Crippen LogP contribution in [0.25, 0.3) is 10.9 Å². The van der Waals surface area contributed by atoms with E-state index in [2.05, 4.69) is 56.6 Å². The summed E-state index contributed by atoms with van der Waals surface area (Å²) >= 11 is 0. The molecule has 0 radical (unpaired) electrons. The molecule has 1 fully saturated rings. The molecule has 0 saturated carbocycles. The molecule has 0 bridgehead atoms. The van der Waals surface area contributed by atoms with Crippen molar-refractivity contribution < 1.29 is 0 Å². The second kappa shape index (κ2) is 7.93. The lowest BCUT2D eigenvalue weighted by Crippen LogP contribution is -2.37. The molecule has 2 aromatic rings. The van der Waals surface area contributed by atoms with Gasteiger partial charge in [-0.3, -0.25) is 0 Å². The fourth-order valence-corrected chi connectivity index (χ4v) is 4.68. The highest BCUT2D eigenvalue weighted by Crippen LogP contribution is 2.30. The first-order valence-electron chi connectivity index (χ1n) is 9.42. The summed E-state index contributed by atoms with van der Waals surface area (Å²) in [5, 5.41) is 1.29. The second-order valence-electron chi connectivity index (χ2n) is 7.39. The molecule has 0 N–H and O–H groups in total. The highest BCUT2D eigenvalue weighted by atomic mass is 31.1. The molecule has 1 aliphatic rings. The van der Waals surface area contributed by atoms with Gasteiger partial charge in [-0.2, -0.15) is 0 Å². The Bertz CT molecular complexity index is 698. The molecular weight excluding hydrogens is 311 g/mol. The maximum Gasteiger partial charge on any atom is 0.0747 e. The third-order valence-corrected chi connectivity index (χ3v) is 6.37. The fourth-order valence-electron chi connectivity index (χ4n) is 4.20. The molecule has 1 aliphatic heterocycles. The first kappa shape index (κ1) is 17.8. The van der Waals surface area contributed by atoms with Crippen LogP contribution in [0.3, 0.4) is 0 Å². The first-order valence-corrected chi connectivity index (χ1v) is 10.9. The Labute approximate surface area is 148 Å². The highest BCUT2D eigenvalue weighted by molar-refractivity contribution is 7.45. The van der Waals surface area contributed by atoms with Crippen LogP contribution in [0, 0.1) is 12.8 Å². The summed E-state index contributed by atoms with van der Waals surface area (Å²) in [5.41, 5.74) is 5.32. The second-order valence-corrected chi connectivity index (χ2v) is 8.40. The van der Waals surface area contributed by atoms with Crippen LogP contribution < -0.4 is 5.44 Å². The van der Waals surface area contributed by atoms with Crippen molar-refractivity contribution in [2.45, 2.75) is 46.0 Å². The topological polar surface area (TPSA) is 16.1 Å². The Hall–Kier alpha value is -0.980. The molecule has 0 amide bonds. The molecule has 3 unspecified atom stereocenters. The van der Waals surface area contributed by atoms with Gasteiger partial charge >= 0.3 is 0 Å². The Balaban J connectivity index is 1.88. The van der Waals surface area contributed by atoms with Gasteiger partial charge in [-0.1, -0.05) is 47.0 Å². The van der Waals surface area contributed by atoms with Crippen molar-refractivity contribution in [3.05, 3.63) is 35.4 Å². The number of hydrogen-bond donors (Lipinski definition) is 0. The van der Waals surface area contributed by atoms with E-state index in [1.54, 1.807) is 0 Å². The van der Waals surface area contributed by atoms with Crippen LogP contribution in [0.4, 0.5) is 0 Å². The smallest absolute Gasteiger partial charge is 0.0747 e. The van der Waals surface area contributed by atoms with Crippen LogP contribution in [0.15, 0.2) is 24.3 Å². The molecule has 130 valence electrons. The third-order valence-electron chi connectivity index (χ3n) is 5.58. The molecule has 0 aliphatic carbocycles. The predicted molar refractivity (Wildman–Crippen MR) is 108 cm³/mol. The number of hydrogen-bond acceptors (Lipinski definition) is 2. The molecule has 3 rings (SSSR count). The highest BCUT2D eigenvalue weighted by Gasteiger charge is 2.22. The van der Waals surface area contributed by atoms with Gasteiger partial charge in [0.2, 0.25) is 0 Å². The molecule has 1 saturated heterocycles. The third kappa shape index (κ3) is 3.81. The number of pyridine rings is 1. The summed E-state index contributed by atoms with van der Waals surface area (Å²) in [5.74, 6) is 1.43. The zero-order chi connectivity index (χ0) is 17.1. The van der Waals surface area contributed by atoms with Crippen molar-refractivity contribution in [2.24, 2.45) is 5.92 Å². The maximum atomic E-state index is 4.99. The van der Waals surface area contributed by atoms with Crippen LogP contribution in [-0.4, -0.2) is 36.2 Å². The van der Waals surface area contributed by atoms with Crippen molar-refractivity contribution in [3.8, 4) is 0 Å². The van der Waals surface area contributed by atoms with Crippen molar-refractivity contribution >= 4 is 24.9 Å². The SMILES string of the molecule is CCC1CCCN(CC(C)c2c(C)ccc3ccc(PC)nc23)C1. The standard InChI is InChI=1S/C21H31N2P/c1-5-17-7-6-12-23(14-17)13-16(3)20-15(2)8-9-18-10-11-19(24-4)22-21(18)20/h8-11,16-17,24H,5-7,12-14H2,1-4H3. The van der Waals surface area contributed by atoms with Gasteiger partial charge in [-0.25, -0.2) is 4.98 Å². The lowest BCUT2D eigenvalue weighted by Gasteiger charge is -2.34. The summed E-state index contributed by atoms with van der Waals surface area (Å²) in [4.78, 5) is 7.68. The van der Waals surface area contributed by atoms with Gasteiger partial charge in [0.1, 0.15) is 0 Å². The number of nitrogens with zero attached hydrogens (tertiary/aromatic N) is 2. The van der Waals surface area contributed by atoms with Gasteiger partial charge in [0, 0.05) is 18.5 Å². The fraction of sp³-hybridized carbons (Fsp3) is 0.571. The normalized spacial score (nSPS) is 20.9. The molecule has 1 aromatic heterocycles. The molecule has 2 heterocycles. The van der Waals surface area contributed by atoms with Crippen LogP contribution in [-0.2, 0) is 0 Å². The van der Waals surface area contributed by atoms with Gasteiger partial charge in [-0.05, 0) is 62.0 Å². The van der Waals surface area contributed by atoms with Crippen LogP contribution >= 0.6 is 8.58 Å². The lowest BCUT2D eigenvalue weighted by molar-refractivity contribution is 0.165. The van der Waals surface area contributed by atoms with Gasteiger partial charge in [0.15, 0.2) is 0 Å². The van der Waals surface area contributed by atoms with Crippen molar-refractivity contribution in [1.29, 1.82) is 0 Å². The lowest BCUT2D eigenvalue weighted by atomic mass is 9.91. The van der Waals surface area contributed by atoms with Crippen molar-refractivity contribution in [3.63, 3.8) is 0 Å². The van der Waals surface area contributed by atoms with E-state index in [1.165, 1.54) is 59.8 Å². The summed E-state index contributed by atoms with van der Waals surface area (Å²) in [7, 11) is 0.760. The van der Waals surface area contributed by atoms with Crippen LogP contribution in [0.1, 0.15) is 50.2 Å². The summed E-state index contributed by atoms with van der Waals surface area (Å²) < 4.78 is 0. The Morgan fingerprint density at radius 1 is 1.29 bits per heavy atom. The Morgan fingerprint density at radius 3 is 2.83 bits per heavy atom. The van der Waals surface area contributed by atoms with E-state index >= 15 is 0 Å². The number of aryl methyl sites for hydroxylation is 1. The number of piperidine rings is 1. The van der Waals surface area contributed by atoms with E-state index in [0.29, 0.717) is 5.92 Å². The van der Waals surface area contributed by atoms with Crippen molar-refractivity contribution in [1.82, 2.24) is 9.88 Å². The van der Waals surface area contributed by atoms with E-state index in [4.69, 9.17) is 4.98 Å². The molecule has 3 heteroatoms. The largest absolute Gasteiger partial charge is 0.302 e. The minimum atomic E-state index is 0.534. The summed E-state index contributed by atoms with van der Waals surface area (Å²) in [6, 6.07) is 8.93. The monoisotopic (exact) mass is 342 g/mol. The average molecular weight is 342 g/mol. The number of aromatic nitrogens is 1. The molecule has 1 aromatic carbocycles. The number of rotatable bonds is 5. The zero-order valence-electron chi connectivity index (χ0n) is 15.6. The molecule has 24 heavy (non-hydrogen) atoms. The summed E-state index contributed by atoms with van der Waals surface area (Å²) in [6.07, 6.45) is 4.09. The molecule has 3 atom stereocenters. The maximum absolute atomic E-state index is 4.99. The Kier molecular flexibility index (Phi) is 5.89. The predicted octanol–water partition coefficient (Wildman–Crippen LogP) is 4.70. The van der Waals surface area contributed by atoms with E-state index in [0.717, 1.165) is 21.0 Å². The molecular formula is C21H31N2P.